The Balaban J connectivity index is 1.67. The van der Waals surface area contributed by atoms with Gasteiger partial charge in [0.15, 0.2) is 5.82 Å². The molecule has 2 aromatic rings. The summed E-state index contributed by atoms with van der Waals surface area (Å²) in [6, 6.07) is 8.69. The van der Waals surface area contributed by atoms with Gasteiger partial charge in [-0.3, -0.25) is 15.0 Å². The molecule has 2 N–H and O–H groups in total. The van der Waals surface area contributed by atoms with Crippen LogP contribution in [0.25, 0.3) is 0 Å². The molecular weight excluding hydrogens is 344 g/mol. The smallest absolute Gasteiger partial charge is 0.329 e. The molecule has 1 saturated heterocycles. The highest BCUT2D eigenvalue weighted by atomic mass is 16.2. The van der Waals surface area contributed by atoms with Crippen molar-refractivity contribution >= 4 is 29.3 Å². The van der Waals surface area contributed by atoms with Crippen molar-refractivity contribution in [3.63, 3.8) is 0 Å². The van der Waals surface area contributed by atoms with Gasteiger partial charge in [0, 0.05) is 25.3 Å². The van der Waals surface area contributed by atoms with Crippen LogP contribution in [0, 0.1) is 0 Å². The highest BCUT2D eigenvalue weighted by molar-refractivity contribution is 6.05. The number of anilines is 3. The lowest BCUT2D eigenvalue weighted by Gasteiger charge is -2.35. The summed E-state index contributed by atoms with van der Waals surface area (Å²) < 4.78 is 0. The predicted molar refractivity (Wildman–Crippen MR) is 103 cm³/mol. The first-order chi connectivity index (χ1) is 13.0. The van der Waals surface area contributed by atoms with E-state index in [4.69, 9.17) is 0 Å². The molecular formula is C19H22N6O2. The number of pyridine rings is 2. The molecule has 0 saturated carbocycles. The van der Waals surface area contributed by atoms with Crippen molar-refractivity contribution in [3.8, 4) is 0 Å². The Morgan fingerprint density at radius 3 is 2.81 bits per heavy atom. The molecule has 1 fully saturated rings. The van der Waals surface area contributed by atoms with Crippen molar-refractivity contribution in [1.82, 2.24) is 15.3 Å². The van der Waals surface area contributed by atoms with E-state index in [1.165, 1.54) is 0 Å². The fraction of sp³-hybridized carbons (Fsp3) is 0.368. The Morgan fingerprint density at radius 2 is 2.07 bits per heavy atom. The third-order valence-electron chi connectivity index (χ3n) is 4.72. The summed E-state index contributed by atoms with van der Waals surface area (Å²) in [6.07, 6.45) is 2.49. The highest BCUT2D eigenvalue weighted by Gasteiger charge is 2.40. The van der Waals surface area contributed by atoms with E-state index in [-0.39, 0.29) is 24.0 Å². The molecule has 0 radical (unpaired) electrons. The van der Waals surface area contributed by atoms with Crippen LogP contribution in [0.4, 0.5) is 22.1 Å². The van der Waals surface area contributed by atoms with Crippen molar-refractivity contribution < 1.29 is 9.59 Å². The number of carbonyl (C=O) groups excluding carboxylic acids is 2. The molecule has 0 aliphatic carbocycles. The Bertz CT molecular complexity index is 870. The van der Waals surface area contributed by atoms with Crippen LogP contribution in [0.5, 0.6) is 0 Å². The molecule has 3 amide bonds. The standard InChI is InChI=1S/C19H22N6O2/c1-12(2)21-18(26)14-6-7-15-17(22-14)25(13-8-10-24(15)11-13)19(27)23-16-5-3-4-9-20-16/h3-7,9,12-13H,8,10-11H2,1-2H3,(H,21,26)(H,20,23,27)/t13-/m0/s1. The number of nitrogens with one attached hydrogen (secondary N) is 2. The van der Waals surface area contributed by atoms with Gasteiger partial charge in [-0.25, -0.2) is 14.8 Å². The van der Waals surface area contributed by atoms with Crippen LogP contribution in [0.1, 0.15) is 30.8 Å². The van der Waals surface area contributed by atoms with Crippen LogP contribution in [0.2, 0.25) is 0 Å². The molecule has 2 bridgehead atoms. The number of rotatable bonds is 3. The van der Waals surface area contributed by atoms with Gasteiger partial charge < -0.3 is 10.2 Å². The Morgan fingerprint density at radius 1 is 1.22 bits per heavy atom. The SMILES string of the molecule is CC(C)NC(=O)c1ccc2c(n1)N(C(=O)Nc1ccccn1)[C@H]1CCN2C1. The molecule has 27 heavy (non-hydrogen) atoms. The molecule has 1 atom stereocenters. The Kier molecular flexibility index (Phi) is 4.39. The van der Waals surface area contributed by atoms with E-state index in [0.29, 0.717) is 17.3 Å². The molecule has 2 aliphatic rings. The second-order valence-corrected chi connectivity index (χ2v) is 7.07. The van der Waals surface area contributed by atoms with Gasteiger partial charge in [0.1, 0.15) is 11.5 Å². The molecule has 8 nitrogen and oxygen atoms in total. The second-order valence-electron chi connectivity index (χ2n) is 7.07. The van der Waals surface area contributed by atoms with Crippen molar-refractivity contribution in [2.45, 2.75) is 32.4 Å². The first-order valence-corrected chi connectivity index (χ1v) is 9.11. The number of hydrogen-bond donors (Lipinski definition) is 2. The van der Waals surface area contributed by atoms with Gasteiger partial charge in [-0.05, 0) is 44.5 Å². The lowest BCUT2D eigenvalue weighted by atomic mass is 10.1. The first kappa shape index (κ1) is 17.3. The number of hydrogen-bond acceptors (Lipinski definition) is 5. The summed E-state index contributed by atoms with van der Waals surface area (Å²) in [5.74, 6) is 0.762. The molecule has 0 spiro atoms. The maximum Gasteiger partial charge on any atom is 0.329 e. The minimum atomic E-state index is -0.282. The van der Waals surface area contributed by atoms with Gasteiger partial charge in [-0.15, -0.1) is 0 Å². The van der Waals surface area contributed by atoms with Gasteiger partial charge in [0.2, 0.25) is 0 Å². The van der Waals surface area contributed by atoms with E-state index < -0.39 is 0 Å². The lowest BCUT2D eigenvalue weighted by molar-refractivity contribution is 0.0938. The van der Waals surface area contributed by atoms with Crippen LogP contribution < -0.4 is 20.4 Å². The van der Waals surface area contributed by atoms with Crippen LogP contribution in [0.15, 0.2) is 36.5 Å². The summed E-state index contributed by atoms with van der Waals surface area (Å²) >= 11 is 0. The molecule has 4 rings (SSSR count). The molecule has 8 heteroatoms. The Hall–Kier alpha value is -3.16. The molecule has 0 aromatic carbocycles. The predicted octanol–water partition coefficient (Wildman–Crippen LogP) is 2.25. The second kappa shape index (κ2) is 6.86. The average molecular weight is 366 g/mol. The topological polar surface area (TPSA) is 90.5 Å². The minimum Gasteiger partial charge on any atom is -0.366 e. The summed E-state index contributed by atoms with van der Waals surface area (Å²) in [7, 11) is 0. The van der Waals surface area contributed by atoms with E-state index in [1.54, 1.807) is 29.3 Å². The quantitative estimate of drug-likeness (QED) is 0.869. The molecule has 4 heterocycles. The monoisotopic (exact) mass is 366 g/mol. The summed E-state index contributed by atoms with van der Waals surface area (Å²) in [4.78, 5) is 37.9. The van der Waals surface area contributed by atoms with Crippen LogP contribution in [-0.2, 0) is 0 Å². The van der Waals surface area contributed by atoms with Gasteiger partial charge in [-0.1, -0.05) is 6.07 Å². The van der Waals surface area contributed by atoms with Crippen LogP contribution >= 0.6 is 0 Å². The van der Waals surface area contributed by atoms with Gasteiger partial charge in [-0.2, -0.15) is 0 Å². The van der Waals surface area contributed by atoms with Crippen LogP contribution in [0.3, 0.4) is 0 Å². The van der Waals surface area contributed by atoms with Crippen molar-refractivity contribution in [3.05, 3.63) is 42.2 Å². The first-order valence-electron chi connectivity index (χ1n) is 9.11. The van der Waals surface area contributed by atoms with E-state index >= 15 is 0 Å². The van der Waals surface area contributed by atoms with Crippen molar-refractivity contribution in [2.75, 3.05) is 28.2 Å². The number of nitrogens with zero attached hydrogens (tertiary/aromatic N) is 4. The maximum absolute atomic E-state index is 13.0. The molecule has 2 aliphatic heterocycles. The summed E-state index contributed by atoms with van der Waals surface area (Å²) in [6.45, 7) is 5.43. The fourth-order valence-corrected chi connectivity index (χ4v) is 3.54. The van der Waals surface area contributed by atoms with E-state index in [9.17, 15) is 9.59 Å². The fourth-order valence-electron chi connectivity index (χ4n) is 3.54. The lowest BCUT2D eigenvalue weighted by Crippen LogP contribution is -2.48. The van der Waals surface area contributed by atoms with E-state index in [1.807, 2.05) is 26.0 Å². The highest BCUT2D eigenvalue weighted by Crippen LogP contribution is 2.39. The van der Waals surface area contributed by atoms with Gasteiger partial charge in [0.05, 0.1) is 11.7 Å². The molecule has 140 valence electrons. The normalized spacial score (nSPS) is 17.7. The number of urea groups is 1. The van der Waals surface area contributed by atoms with Gasteiger partial charge >= 0.3 is 6.03 Å². The van der Waals surface area contributed by atoms with E-state index in [2.05, 4.69) is 25.5 Å². The average Bonchev–Trinajstić information content (AvgIpc) is 3.06. The largest absolute Gasteiger partial charge is 0.366 e. The number of amides is 3. The maximum atomic E-state index is 13.0. The molecule has 0 unspecified atom stereocenters. The van der Waals surface area contributed by atoms with Crippen molar-refractivity contribution in [2.24, 2.45) is 0 Å². The zero-order chi connectivity index (χ0) is 19.0. The van der Waals surface area contributed by atoms with Crippen LogP contribution in [-0.4, -0.2) is 47.1 Å². The number of carbonyl (C=O) groups is 2. The van der Waals surface area contributed by atoms with Gasteiger partial charge in [0.25, 0.3) is 5.91 Å². The zero-order valence-corrected chi connectivity index (χ0v) is 15.3. The third-order valence-corrected chi connectivity index (χ3v) is 4.72. The van der Waals surface area contributed by atoms with E-state index in [0.717, 1.165) is 25.2 Å². The zero-order valence-electron chi connectivity index (χ0n) is 15.3. The Labute approximate surface area is 157 Å². The minimum absolute atomic E-state index is 0.0128. The summed E-state index contributed by atoms with van der Waals surface area (Å²) in [5.41, 5.74) is 1.18. The molecule has 2 aromatic heterocycles. The summed E-state index contributed by atoms with van der Waals surface area (Å²) in [5, 5.41) is 5.68. The third kappa shape index (κ3) is 3.30. The number of aromatic nitrogens is 2. The number of fused-ring (bicyclic) bond motifs is 4. The van der Waals surface area contributed by atoms with Crippen molar-refractivity contribution in [1.29, 1.82) is 0 Å².